The zero-order valence-corrected chi connectivity index (χ0v) is 12.9. The highest BCUT2D eigenvalue weighted by Gasteiger charge is 2.18. The maximum atomic E-state index is 11.9. The summed E-state index contributed by atoms with van der Waals surface area (Å²) in [6, 6.07) is 12.6. The lowest BCUT2D eigenvalue weighted by Gasteiger charge is -2.04. The molecule has 0 fully saturated rings. The molecule has 1 amide bonds. The van der Waals surface area contributed by atoms with Crippen LogP contribution in [0.4, 0.5) is 5.69 Å². The SMILES string of the molecule is Cc1ccc(C(=O)/C=C/NNC(=O)c2ccccc2[N+](=O)[O-])cc1. The molecule has 2 rings (SSSR count). The van der Waals surface area contributed by atoms with Crippen LogP contribution in [0.3, 0.4) is 0 Å². The summed E-state index contributed by atoms with van der Waals surface area (Å²) in [4.78, 5) is 34.0. The predicted molar refractivity (Wildman–Crippen MR) is 88.3 cm³/mol. The Morgan fingerprint density at radius 3 is 2.42 bits per heavy atom. The molecular formula is C17H15N3O4. The summed E-state index contributed by atoms with van der Waals surface area (Å²) < 4.78 is 0. The van der Waals surface area contributed by atoms with Crippen LogP contribution in [0.2, 0.25) is 0 Å². The van der Waals surface area contributed by atoms with Crippen molar-refractivity contribution in [3.05, 3.63) is 87.6 Å². The van der Waals surface area contributed by atoms with E-state index >= 15 is 0 Å². The number of nitrogens with zero attached hydrogens (tertiary/aromatic N) is 1. The van der Waals surface area contributed by atoms with Crippen molar-refractivity contribution in [3.63, 3.8) is 0 Å². The maximum Gasteiger partial charge on any atom is 0.282 e. The Balaban J connectivity index is 1.94. The standard InChI is InChI=1S/C17H15N3O4/c1-12-6-8-13(9-7-12)16(21)10-11-18-19-17(22)14-4-2-3-5-15(14)20(23)24/h2-11,18H,1H3,(H,19,22)/b11-10+. The van der Waals surface area contributed by atoms with E-state index in [2.05, 4.69) is 10.9 Å². The summed E-state index contributed by atoms with van der Waals surface area (Å²) >= 11 is 0. The van der Waals surface area contributed by atoms with E-state index < -0.39 is 10.8 Å². The van der Waals surface area contributed by atoms with Crippen LogP contribution in [0, 0.1) is 17.0 Å². The second kappa shape index (κ2) is 7.68. The number of nitro benzene ring substituents is 1. The normalized spacial score (nSPS) is 10.4. The van der Waals surface area contributed by atoms with Crippen molar-refractivity contribution >= 4 is 17.4 Å². The largest absolute Gasteiger partial charge is 0.305 e. The number of ketones is 1. The van der Waals surface area contributed by atoms with Crippen molar-refractivity contribution in [1.29, 1.82) is 0 Å². The number of hydrogen-bond donors (Lipinski definition) is 2. The second-order valence-electron chi connectivity index (χ2n) is 4.94. The number of para-hydroxylation sites is 1. The van der Waals surface area contributed by atoms with E-state index in [0.29, 0.717) is 5.56 Å². The van der Waals surface area contributed by atoms with Gasteiger partial charge in [-0.2, -0.15) is 0 Å². The van der Waals surface area contributed by atoms with Crippen molar-refractivity contribution in [1.82, 2.24) is 10.9 Å². The molecule has 0 aromatic heterocycles. The van der Waals surface area contributed by atoms with Crippen LogP contribution < -0.4 is 10.9 Å². The number of aryl methyl sites for hydroxylation is 1. The van der Waals surface area contributed by atoms with Crippen molar-refractivity contribution < 1.29 is 14.5 Å². The summed E-state index contributed by atoms with van der Waals surface area (Å²) in [6.45, 7) is 1.92. The number of benzene rings is 2. The van der Waals surface area contributed by atoms with Gasteiger partial charge in [0.2, 0.25) is 0 Å². The lowest BCUT2D eigenvalue weighted by Crippen LogP contribution is -2.34. The van der Waals surface area contributed by atoms with Gasteiger partial charge in [0.25, 0.3) is 11.6 Å². The molecule has 0 spiro atoms. The summed E-state index contributed by atoms with van der Waals surface area (Å²) in [5.74, 6) is -0.905. The number of hydrazine groups is 1. The summed E-state index contributed by atoms with van der Waals surface area (Å²) in [5.41, 5.74) is 5.91. The van der Waals surface area contributed by atoms with E-state index in [0.717, 1.165) is 5.56 Å². The molecule has 2 N–H and O–H groups in total. The highest BCUT2D eigenvalue weighted by atomic mass is 16.6. The fourth-order valence-electron chi connectivity index (χ4n) is 1.93. The molecule has 0 bridgehead atoms. The maximum absolute atomic E-state index is 11.9. The van der Waals surface area contributed by atoms with E-state index in [1.165, 1.54) is 36.5 Å². The summed E-state index contributed by atoms with van der Waals surface area (Å²) in [6.07, 6.45) is 2.51. The lowest BCUT2D eigenvalue weighted by atomic mass is 10.1. The molecular weight excluding hydrogens is 310 g/mol. The van der Waals surface area contributed by atoms with E-state index in [-0.39, 0.29) is 17.0 Å². The predicted octanol–water partition coefficient (Wildman–Crippen LogP) is 2.53. The van der Waals surface area contributed by atoms with Crippen molar-refractivity contribution in [3.8, 4) is 0 Å². The van der Waals surface area contributed by atoms with E-state index in [4.69, 9.17) is 0 Å². The van der Waals surface area contributed by atoms with Gasteiger partial charge in [0, 0.05) is 23.9 Å². The van der Waals surface area contributed by atoms with Gasteiger partial charge in [-0.05, 0) is 13.0 Å². The van der Waals surface area contributed by atoms with Gasteiger partial charge in [0.15, 0.2) is 5.78 Å². The number of allylic oxidation sites excluding steroid dienone is 1. The average Bonchev–Trinajstić information content (AvgIpc) is 2.58. The number of rotatable bonds is 6. The molecule has 0 saturated carbocycles. The van der Waals surface area contributed by atoms with Gasteiger partial charge in [-0.3, -0.25) is 25.1 Å². The van der Waals surface area contributed by atoms with Crippen molar-refractivity contribution in [2.75, 3.05) is 0 Å². The molecule has 0 aliphatic rings. The minimum atomic E-state index is -0.672. The molecule has 0 aliphatic heterocycles. The highest BCUT2D eigenvalue weighted by molar-refractivity contribution is 6.04. The molecule has 122 valence electrons. The third-order valence-electron chi connectivity index (χ3n) is 3.19. The van der Waals surface area contributed by atoms with Crippen molar-refractivity contribution in [2.24, 2.45) is 0 Å². The molecule has 24 heavy (non-hydrogen) atoms. The number of carbonyl (C=O) groups excluding carboxylic acids is 2. The molecule has 0 atom stereocenters. The molecule has 7 heteroatoms. The topological polar surface area (TPSA) is 101 Å². The molecule has 2 aromatic carbocycles. The first kappa shape index (κ1) is 16.9. The highest BCUT2D eigenvalue weighted by Crippen LogP contribution is 2.16. The number of amides is 1. The second-order valence-corrected chi connectivity index (χ2v) is 4.94. The number of nitro groups is 1. The molecule has 7 nitrogen and oxygen atoms in total. The van der Waals surface area contributed by atoms with Crippen LogP contribution in [0.15, 0.2) is 60.8 Å². The summed E-state index contributed by atoms with van der Waals surface area (Å²) in [5, 5.41) is 10.9. The van der Waals surface area contributed by atoms with Gasteiger partial charge in [-0.1, -0.05) is 42.0 Å². The molecule has 0 radical (unpaired) electrons. The third-order valence-corrected chi connectivity index (χ3v) is 3.19. The minimum Gasteiger partial charge on any atom is -0.305 e. The first-order chi connectivity index (χ1) is 11.5. The van der Waals surface area contributed by atoms with Gasteiger partial charge < -0.3 is 5.43 Å². The Morgan fingerprint density at radius 2 is 1.75 bits per heavy atom. The van der Waals surface area contributed by atoms with Crippen LogP contribution >= 0.6 is 0 Å². The van der Waals surface area contributed by atoms with Crippen molar-refractivity contribution in [2.45, 2.75) is 6.92 Å². The summed E-state index contributed by atoms with van der Waals surface area (Å²) in [7, 11) is 0. The number of carbonyl (C=O) groups is 2. The Labute approximate surface area is 138 Å². The number of hydrogen-bond acceptors (Lipinski definition) is 5. The Kier molecular flexibility index (Phi) is 5.40. The Bertz CT molecular complexity index is 798. The molecule has 0 aliphatic carbocycles. The van der Waals surface area contributed by atoms with E-state index in [1.807, 2.05) is 19.1 Å². The first-order valence-corrected chi connectivity index (χ1v) is 7.06. The quantitative estimate of drug-likeness (QED) is 0.368. The minimum absolute atomic E-state index is 0.0757. The molecule has 0 saturated heterocycles. The van der Waals surface area contributed by atoms with Gasteiger partial charge in [-0.15, -0.1) is 0 Å². The molecule has 2 aromatic rings. The van der Waals surface area contributed by atoms with Gasteiger partial charge in [0.1, 0.15) is 5.56 Å². The van der Waals surface area contributed by atoms with E-state index in [9.17, 15) is 19.7 Å². The lowest BCUT2D eigenvalue weighted by molar-refractivity contribution is -0.385. The van der Waals surface area contributed by atoms with Gasteiger partial charge >= 0.3 is 0 Å². The van der Waals surface area contributed by atoms with Gasteiger partial charge in [-0.25, -0.2) is 0 Å². The first-order valence-electron chi connectivity index (χ1n) is 7.06. The number of nitrogens with one attached hydrogen (secondary N) is 2. The van der Waals surface area contributed by atoms with Crippen LogP contribution in [-0.4, -0.2) is 16.6 Å². The fourth-order valence-corrected chi connectivity index (χ4v) is 1.93. The average molecular weight is 325 g/mol. The van der Waals surface area contributed by atoms with Crippen LogP contribution in [0.5, 0.6) is 0 Å². The Hall–Kier alpha value is -3.48. The third kappa shape index (κ3) is 4.26. The van der Waals surface area contributed by atoms with E-state index in [1.54, 1.807) is 12.1 Å². The molecule has 0 unspecified atom stereocenters. The van der Waals surface area contributed by atoms with Crippen LogP contribution in [-0.2, 0) is 0 Å². The van der Waals surface area contributed by atoms with Gasteiger partial charge in [0.05, 0.1) is 4.92 Å². The zero-order valence-electron chi connectivity index (χ0n) is 12.9. The monoisotopic (exact) mass is 325 g/mol. The van der Waals surface area contributed by atoms with Crippen LogP contribution in [0.1, 0.15) is 26.3 Å². The fraction of sp³-hybridized carbons (Fsp3) is 0.0588. The Morgan fingerprint density at radius 1 is 1.08 bits per heavy atom. The zero-order chi connectivity index (χ0) is 17.5. The van der Waals surface area contributed by atoms with Crippen LogP contribution in [0.25, 0.3) is 0 Å². The molecule has 0 heterocycles. The smallest absolute Gasteiger partial charge is 0.282 e.